The molecule has 0 saturated carbocycles. The van der Waals surface area contributed by atoms with E-state index in [4.69, 9.17) is 10.9 Å². The van der Waals surface area contributed by atoms with Gasteiger partial charge in [0.2, 0.25) is 5.91 Å². The fourth-order valence-corrected chi connectivity index (χ4v) is 2.42. The SMILES string of the molecule is CN(C(=O)c1ccc([NH+]([O-])O)cc1)[C@](C)(C(N)=O)c1ccccc1. The van der Waals surface area contributed by atoms with Crippen LogP contribution in [-0.4, -0.2) is 29.0 Å². The van der Waals surface area contributed by atoms with E-state index in [0.29, 0.717) is 5.56 Å². The highest BCUT2D eigenvalue weighted by molar-refractivity contribution is 5.99. The molecule has 2 atom stereocenters. The smallest absolute Gasteiger partial charge is 0.254 e. The van der Waals surface area contributed by atoms with Crippen LogP contribution in [0.4, 0.5) is 5.69 Å². The van der Waals surface area contributed by atoms with Gasteiger partial charge >= 0.3 is 0 Å². The van der Waals surface area contributed by atoms with E-state index in [2.05, 4.69) is 0 Å². The number of amides is 2. The minimum absolute atomic E-state index is 0.0786. The highest BCUT2D eigenvalue weighted by atomic mass is 16.8. The number of nitrogens with two attached hydrogens (primary N) is 1. The first kappa shape index (κ1) is 17.6. The van der Waals surface area contributed by atoms with Crippen LogP contribution in [-0.2, 0) is 10.3 Å². The summed E-state index contributed by atoms with van der Waals surface area (Å²) in [5.41, 5.74) is 5.18. The largest absolute Gasteiger partial charge is 0.595 e. The molecule has 0 saturated heterocycles. The average molecular weight is 329 g/mol. The molecule has 126 valence electrons. The van der Waals surface area contributed by atoms with E-state index in [1.165, 1.54) is 36.2 Å². The van der Waals surface area contributed by atoms with Gasteiger partial charge in [-0.05, 0) is 24.6 Å². The molecule has 0 aliphatic rings. The van der Waals surface area contributed by atoms with E-state index in [0.717, 1.165) is 0 Å². The Morgan fingerprint density at radius 3 is 2.12 bits per heavy atom. The van der Waals surface area contributed by atoms with Crippen molar-refractivity contribution in [1.29, 1.82) is 0 Å². The molecule has 2 aromatic carbocycles. The fraction of sp³-hybridized carbons (Fsp3) is 0.176. The van der Waals surface area contributed by atoms with Crippen LogP contribution in [0.2, 0.25) is 0 Å². The minimum atomic E-state index is -1.33. The Kier molecular flexibility index (Phi) is 4.99. The van der Waals surface area contributed by atoms with Crippen LogP contribution < -0.4 is 11.0 Å². The Morgan fingerprint density at radius 2 is 1.67 bits per heavy atom. The number of rotatable bonds is 5. The third kappa shape index (κ3) is 3.13. The lowest BCUT2D eigenvalue weighted by molar-refractivity contribution is -0.991. The highest BCUT2D eigenvalue weighted by Gasteiger charge is 2.40. The van der Waals surface area contributed by atoms with Crippen LogP contribution in [0.5, 0.6) is 0 Å². The Morgan fingerprint density at radius 1 is 1.12 bits per heavy atom. The van der Waals surface area contributed by atoms with Gasteiger partial charge < -0.3 is 15.8 Å². The molecule has 2 amide bonds. The summed E-state index contributed by atoms with van der Waals surface area (Å²) in [6.07, 6.45) is 0. The molecule has 0 fully saturated rings. The number of hydrogen-bond donors (Lipinski definition) is 3. The van der Waals surface area contributed by atoms with Gasteiger partial charge in [-0.3, -0.25) is 9.59 Å². The van der Waals surface area contributed by atoms with Crippen molar-refractivity contribution in [2.75, 3.05) is 7.05 Å². The first-order chi connectivity index (χ1) is 11.3. The van der Waals surface area contributed by atoms with Gasteiger partial charge in [-0.15, -0.1) is 0 Å². The van der Waals surface area contributed by atoms with E-state index in [9.17, 15) is 14.8 Å². The van der Waals surface area contributed by atoms with Crippen molar-refractivity contribution in [2.45, 2.75) is 12.5 Å². The van der Waals surface area contributed by atoms with Gasteiger partial charge in [-0.1, -0.05) is 30.3 Å². The zero-order valence-electron chi connectivity index (χ0n) is 13.4. The van der Waals surface area contributed by atoms with Gasteiger partial charge in [0.1, 0.15) is 5.54 Å². The topological polar surface area (TPSA) is 111 Å². The molecular formula is C17H19N3O4. The molecule has 0 spiro atoms. The first-order valence-corrected chi connectivity index (χ1v) is 7.25. The predicted molar refractivity (Wildman–Crippen MR) is 87.3 cm³/mol. The number of carbonyl (C=O) groups is 2. The quantitative estimate of drug-likeness (QED) is 0.696. The predicted octanol–water partition coefficient (Wildman–Crippen LogP) is 0.563. The summed E-state index contributed by atoms with van der Waals surface area (Å²) in [6.45, 7) is 1.58. The second kappa shape index (κ2) is 6.79. The number of carbonyl (C=O) groups excluding carboxylic acids is 2. The lowest BCUT2D eigenvalue weighted by Crippen LogP contribution is -2.99. The number of nitrogens with one attached hydrogen (secondary N) is 1. The zero-order valence-corrected chi connectivity index (χ0v) is 13.4. The summed E-state index contributed by atoms with van der Waals surface area (Å²) >= 11 is 0. The number of nitrogens with zero attached hydrogens (tertiary/aromatic N) is 1. The maximum Gasteiger partial charge on any atom is 0.254 e. The summed E-state index contributed by atoms with van der Waals surface area (Å²) in [7, 11) is 1.49. The van der Waals surface area contributed by atoms with E-state index >= 15 is 0 Å². The van der Waals surface area contributed by atoms with Gasteiger partial charge in [0.25, 0.3) is 5.91 Å². The van der Waals surface area contributed by atoms with Crippen molar-refractivity contribution in [2.24, 2.45) is 5.73 Å². The van der Waals surface area contributed by atoms with E-state index in [1.54, 1.807) is 37.3 Å². The van der Waals surface area contributed by atoms with Gasteiger partial charge in [0.15, 0.2) is 5.69 Å². The molecule has 0 aliphatic carbocycles. The van der Waals surface area contributed by atoms with Crippen LogP contribution >= 0.6 is 0 Å². The van der Waals surface area contributed by atoms with Crippen LogP contribution in [0.3, 0.4) is 0 Å². The Labute approximate surface area is 139 Å². The van der Waals surface area contributed by atoms with Crippen LogP contribution in [0.1, 0.15) is 22.8 Å². The molecular weight excluding hydrogens is 310 g/mol. The normalized spacial score (nSPS) is 14.5. The van der Waals surface area contributed by atoms with Crippen molar-refractivity contribution >= 4 is 17.5 Å². The van der Waals surface area contributed by atoms with Gasteiger partial charge in [0.05, 0.1) is 0 Å². The molecule has 0 radical (unpaired) electrons. The second-order valence-corrected chi connectivity index (χ2v) is 5.55. The summed E-state index contributed by atoms with van der Waals surface area (Å²) in [6, 6.07) is 14.3. The number of quaternary nitrogens is 1. The molecule has 7 nitrogen and oxygen atoms in total. The van der Waals surface area contributed by atoms with E-state index < -0.39 is 22.6 Å². The van der Waals surface area contributed by atoms with Gasteiger partial charge in [-0.2, -0.15) is 5.23 Å². The van der Waals surface area contributed by atoms with Crippen LogP contribution in [0.15, 0.2) is 54.6 Å². The average Bonchev–Trinajstić information content (AvgIpc) is 2.60. The molecule has 0 bridgehead atoms. The molecule has 24 heavy (non-hydrogen) atoms. The monoisotopic (exact) mass is 329 g/mol. The van der Waals surface area contributed by atoms with Crippen molar-refractivity contribution in [1.82, 2.24) is 4.90 Å². The molecule has 2 aromatic rings. The molecule has 0 heterocycles. The molecule has 7 heteroatoms. The maximum absolute atomic E-state index is 12.7. The van der Waals surface area contributed by atoms with Crippen LogP contribution in [0, 0.1) is 5.21 Å². The summed E-state index contributed by atoms with van der Waals surface area (Å²) < 4.78 is 0. The number of hydrogen-bond acceptors (Lipinski definition) is 4. The third-order valence-electron chi connectivity index (χ3n) is 4.17. The fourth-order valence-electron chi connectivity index (χ4n) is 2.42. The summed E-state index contributed by atoms with van der Waals surface area (Å²) in [4.78, 5) is 26.1. The second-order valence-electron chi connectivity index (χ2n) is 5.55. The Balaban J connectivity index is 2.38. The number of likely N-dealkylation sites (N-methyl/N-ethyl adjacent to an activating group) is 1. The van der Waals surface area contributed by atoms with Crippen molar-refractivity contribution in [3.05, 3.63) is 70.9 Å². The summed E-state index contributed by atoms with van der Waals surface area (Å²) in [5.74, 6) is -1.09. The zero-order chi connectivity index (χ0) is 17.9. The lowest BCUT2D eigenvalue weighted by Gasteiger charge is -2.36. The third-order valence-corrected chi connectivity index (χ3v) is 4.17. The molecule has 0 aromatic heterocycles. The standard InChI is InChI=1S/C17H19N3O4/c1-17(16(18)22,13-6-4-3-5-7-13)19(2)15(21)12-8-10-14(11-9-12)20(23)24/h3-11,20,23H,1-2H3,(H2,18,22)/t17-/m0/s1. The summed E-state index contributed by atoms with van der Waals surface area (Å²) in [5, 5.41) is 18.7. The van der Waals surface area contributed by atoms with Gasteiger partial charge in [0, 0.05) is 24.7 Å². The highest BCUT2D eigenvalue weighted by Crippen LogP contribution is 2.28. The first-order valence-electron chi connectivity index (χ1n) is 7.25. The van der Waals surface area contributed by atoms with E-state index in [-0.39, 0.29) is 11.3 Å². The number of benzene rings is 2. The Bertz CT molecular complexity index is 731. The maximum atomic E-state index is 12.7. The van der Waals surface area contributed by atoms with Crippen molar-refractivity contribution in [3.63, 3.8) is 0 Å². The van der Waals surface area contributed by atoms with Gasteiger partial charge in [-0.25, -0.2) is 5.21 Å². The van der Waals surface area contributed by atoms with Crippen molar-refractivity contribution in [3.8, 4) is 0 Å². The van der Waals surface area contributed by atoms with Crippen LogP contribution in [0.25, 0.3) is 0 Å². The minimum Gasteiger partial charge on any atom is -0.595 e. The van der Waals surface area contributed by atoms with Crippen molar-refractivity contribution < 1.29 is 20.0 Å². The molecule has 1 unspecified atom stereocenters. The number of primary amides is 1. The van der Waals surface area contributed by atoms with E-state index in [1.807, 2.05) is 0 Å². The molecule has 2 rings (SSSR count). The molecule has 4 N–H and O–H groups in total. The molecule has 0 aliphatic heterocycles. The lowest BCUT2D eigenvalue weighted by atomic mass is 9.89. The Hall–Kier alpha value is -2.74.